The molecule has 25 heavy (non-hydrogen) atoms. The molecular weight excluding hydrogens is 332 g/mol. The first-order valence-electron chi connectivity index (χ1n) is 8.26. The molecule has 4 rings (SSSR count). The predicted octanol–water partition coefficient (Wildman–Crippen LogP) is 3.49. The monoisotopic (exact) mass is 350 g/mol. The molecular formula is C20H18N2O2S. The Hall–Kier alpha value is -2.66. The Balaban J connectivity index is 1.71. The van der Waals surface area contributed by atoms with Crippen molar-refractivity contribution in [1.29, 1.82) is 0 Å². The molecule has 0 bridgehead atoms. The molecule has 2 aromatic carbocycles. The molecule has 0 spiro atoms. The highest BCUT2D eigenvalue weighted by Gasteiger charge is 2.10. The maximum atomic E-state index is 12.7. The Morgan fingerprint density at radius 2 is 1.92 bits per heavy atom. The number of ether oxygens (including phenoxy) is 1. The molecule has 0 unspecified atom stereocenters. The number of hydrogen-bond donors (Lipinski definition) is 0. The van der Waals surface area contributed by atoms with Gasteiger partial charge < -0.3 is 4.74 Å². The first-order valence-corrected chi connectivity index (χ1v) is 9.08. The van der Waals surface area contributed by atoms with Crippen molar-refractivity contribution in [2.45, 2.75) is 13.8 Å². The molecule has 0 saturated carbocycles. The van der Waals surface area contributed by atoms with Crippen LogP contribution in [0, 0.1) is 5.92 Å². The van der Waals surface area contributed by atoms with Gasteiger partial charge in [-0.3, -0.25) is 4.79 Å². The van der Waals surface area contributed by atoms with E-state index in [1.54, 1.807) is 4.40 Å². The molecule has 0 aliphatic heterocycles. The highest BCUT2D eigenvalue weighted by molar-refractivity contribution is 7.15. The summed E-state index contributed by atoms with van der Waals surface area (Å²) >= 11 is 1.42. The third kappa shape index (κ3) is 3.03. The van der Waals surface area contributed by atoms with Gasteiger partial charge in [-0.2, -0.15) is 0 Å². The van der Waals surface area contributed by atoms with Gasteiger partial charge in [0.05, 0.1) is 22.2 Å². The Kier molecular flexibility index (Phi) is 4.01. The zero-order valence-corrected chi connectivity index (χ0v) is 14.9. The summed E-state index contributed by atoms with van der Waals surface area (Å²) in [4.78, 5) is 18.0. The van der Waals surface area contributed by atoms with Crippen molar-refractivity contribution in [3.05, 3.63) is 69.0 Å². The average Bonchev–Trinajstić information content (AvgIpc) is 3.11. The van der Waals surface area contributed by atoms with Crippen molar-refractivity contribution in [2.24, 2.45) is 5.92 Å². The van der Waals surface area contributed by atoms with Crippen LogP contribution in [0.15, 0.2) is 53.3 Å². The topological polar surface area (TPSA) is 43.6 Å². The van der Waals surface area contributed by atoms with E-state index < -0.39 is 0 Å². The van der Waals surface area contributed by atoms with Crippen LogP contribution in [0.2, 0.25) is 0 Å². The van der Waals surface area contributed by atoms with Crippen molar-refractivity contribution in [2.75, 3.05) is 6.61 Å². The highest BCUT2D eigenvalue weighted by atomic mass is 32.1. The summed E-state index contributed by atoms with van der Waals surface area (Å²) in [7, 11) is 0. The van der Waals surface area contributed by atoms with E-state index in [1.807, 2.05) is 54.6 Å². The van der Waals surface area contributed by atoms with Crippen LogP contribution in [0.25, 0.3) is 22.1 Å². The predicted molar refractivity (Wildman–Crippen MR) is 102 cm³/mol. The fourth-order valence-electron chi connectivity index (χ4n) is 2.69. The van der Waals surface area contributed by atoms with Gasteiger partial charge in [0.15, 0.2) is 4.96 Å². The second-order valence-corrected chi connectivity index (χ2v) is 7.42. The quantitative estimate of drug-likeness (QED) is 0.566. The van der Waals surface area contributed by atoms with E-state index in [0.717, 1.165) is 27.3 Å². The molecule has 0 amide bonds. The number of imidazole rings is 1. The minimum absolute atomic E-state index is 0.0196. The summed E-state index contributed by atoms with van der Waals surface area (Å²) in [5, 5.41) is 0. The van der Waals surface area contributed by atoms with Gasteiger partial charge in [-0.15, -0.1) is 0 Å². The Labute approximate surface area is 149 Å². The van der Waals surface area contributed by atoms with Crippen LogP contribution in [0.4, 0.5) is 0 Å². The van der Waals surface area contributed by atoms with Crippen LogP contribution in [0.1, 0.15) is 19.4 Å². The van der Waals surface area contributed by atoms with Crippen molar-refractivity contribution < 1.29 is 4.74 Å². The van der Waals surface area contributed by atoms with E-state index in [-0.39, 0.29) is 5.56 Å². The number of fused-ring (bicyclic) bond motifs is 3. The summed E-state index contributed by atoms with van der Waals surface area (Å²) in [5.41, 5.74) is 2.66. The van der Waals surface area contributed by atoms with Gasteiger partial charge in [0, 0.05) is 0 Å². The summed E-state index contributed by atoms with van der Waals surface area (Å²) < 4.78 is 8.06. The third-order valence-corrected chi connectivity index (χ3v) is 4.88. The Morgan fingerprint density at radius 3 is 2.68 bits per heavy atom. The Morgan fingerprint density at radius 1 is 1.16 bits per heavy atom. The number of thiazole rings is 1. The lowest BCUT2D eigenvalue weighted by molar-refractivity contribution is 0.271. The normalized spacial score (nSPS) is 12.5. The molecule has 126 valence electrons. The number of rotatable bonds is 4. The van der Waals surface area contributed by atoms with Crippen molar-refractivity contribution in [3.63, 3.8) is 0 Å². The van der Waals surface area contributed by atoms with Gasteiger partial charge in [0.2, 0.25) is 0 Å². The smallest absolute Gasteiger partial charge is 0.274 e. The third-order valence-electron chi connectivity index (χ3n) is 3.91. The number of para-hydroxylation sites is 2. The molecule has 0 saturated heterocycles. The minimum Gasteiger partial charge on any atom is -0.493 e. The fourth-order valence-corrected chi connectivity index (χ4v) is 3.67. The number of aromatic nitrogens is 2. The van der Waals surface area contributed by atoms with E-state index in [1.165, 1.54) is 11.3 Å². The van der Waals surface area contributed by atoms with Crippen LogP contribution in [-0.2, 0) is 0 Å². The van der Waals surface area contributed by atoms with Crippen molar-refractivity contribution in [1.82, 2.24) is 9.38 Å². The molecule has 0 atom stereocenters. The van der Waals surface area contributed by atoms with Crippen LogP contribution in [0.5, 0.6) is 5.75 Å². The molecule has 0 N–H and O–H groups in total. The summed E-state index contributed by atoms with van der Waals surface area (Å²) in [6.07, 6.45) is 1.91. The SMILES string of the molecule is CC(C)COc1ccc(/C=c2\sc3nc4ccccc4n3c2=O)cc1. The highest BCUT2D eigenvalue weighted by Crippen LogP contribution is 2.16. The first kappa shape index (κ1) is 15.8. The average molecular weight is 350 g/mol. The van der Waals surface area contributed by atoms with Gasteiger partial charge in [0.25, 0.3) is 5.56 Å². The van der Waals surface area contributed by atoms with Crippen LogP contribution >= 0.6 is 11.3 Å². The molecule has 2 heterocycles. The second kappa shape index (κ2) is 6.33. The number of hydrogen-bond acceptors (Lipinski definition) is 4. The molecule has 4 nitrogen and oxygen atoms in total. The van der Waals surface area contributed by atoms with Gasteiger partial charge >= 0.3 is 0 Å². The van der Waals surface area contributed by atoms with Gasteiger partial charge in [-0.25, -0.2) is 9.38 Å². The summed E-state index contributed by atoms with van der Waals surface area (Å²) in [5.74, 6) is 1.34. The molecule has 0 radical (unpaired) electrons. The lowest BCUT2D eigenvalue weighted by Crippen LogP contribution is -2.22. The largest absolute Gasteiger partial charge is 0.493 e. The van der Waals surface area contributed by atoms with Crippen LogP contribution in [-0.4, -0.2) is 16.0 Å². The molecule has 2 aromatic heterocycles. The molecule has 0 aliphatic rings. The van der Waals surface area contributed by atoms with Crippen LogP contribution in [0.3, 0.4) is 0 Å². The zero-order chi connectivity index (χ0) is 17.4. The first-order chi connectivity index (χ1) is 12.1. The van der Waals surface area contributed by atoms with E-state index >= 15 is 0 Å². The maximum Gasteiger partial charge on any atom is 0.274 e. The minimum atomic E-state index is -0.0196. The van der Waals surface area contributed by atoms with Gasteiger partial charge in [0.1, 0.15) is 5.75 Å². The van der Waals surface area contributed by atoms with Gasteiger partial charge in [-0.1, -0.05) is 49.4 Å². The van der Waals surface area contributed by atoms with Gasteiger partial charge in [-0.05, 0) is 41.8 Å². The van der Waals surface area contributed by atoms with E-state index in [0.29, 0.717) is 17.1 Å². The van der Waals surface area contributed by atoms with Crippen molar-refractivity contribution >= 4 is 33.4 Å². The van der Waals surface area contributed by atoms with E-state index in [4.69, 9.17) is 4.74 Å². The molecule has 0 aliphatic carbocycles. The van der Waals surface area contributed by atoms with Crippen LogP contribution < -0.4 is 14.8 Å². The lowest BCUT2D eigenvalue weighted by atomic mass is 10.2. The molecule has 4 aromatic rings. The fraction of sp³-hybridized carbons (Fsp3) is 0.200. The Bertz CT molecular complexity index is 1140. The number of benzene rings is 2. The van der Waals surface area contributed by atoms with E-state index in [9.17, 15) is 4.79 Å². The lowest BCUT2D eigenvalue weighted by Gasteiger charge is -2.08. The molecule has 5 heteroatoms. The molecule has 0 fully saturated rings. The summed E-state index contributed by atoms with van der Waals surface area (Å²) in [6, 6.07) is 15.5. The second-order valence-electron chi connectivity index (χ2n) is 6.41. The van der Waals surface area contributed by atoms with Crippen molar-refractivity contribution in [3.8, 4) is 5.75 Å². The standard InChI is InChI=1S/C20H18N2O2S/c1-13(2)12-24-15-9-7-14(8-10-15)11-18-19(23)22-17-6-4-3-5-16(17)21-20(22)25-18/h3-11,13H,12H2,1-2H3/b18-11-. The van der Waals surface area contributed by atoms with E-state index in [2.05, 4.69) is 18.8 Å². The maximum absolute atomic E-state index is 12.7. The number of nitrogens with zero attached hydrogens (tertiary/aromatic N) is 2. The zero-order valence-electron chi connectivity index (χ0n) is 14.1. The summed E-state index contributed by atoms with van der Waals surface area (Å²) in [6.45, 7) is 4.94.